The Hall–Kier alpha value is -1.83. The van der Waals surface area contributed by atoms with E-state index in [4.69, 9.17) is 11.5 Å². The molecule has 132 valence electrons. The molecule has 0 heterocycles. The molecule has 0 radical (unpaired) electrons. The Labute approximate surface area is 136 Å². The molecule has 8 nitrogen and oxygen atoms in total. The summed E-state index contributed by atoms with van der Waals surface area (Å²) in [5.74, 6) is -2.50. The van der Waals surface area contributed by atoms with E-state index in [-0.39, 0.29) is 24.2 Å². The molecule has 0 spiro atoms. The Morgan fingerprint density at radius 1 is 1.35 bits per heavy atom. The molecule has 0 aromatic rings. The van der Waals surface area contributed by atoms with Gasteiger partial charge in [0.1, 0.15) is 0 Å². The molecule has 1 aliphatic carbocycles. The molecule has 0 aliphatic heterocycles. The fraction of sp³-hybridized carbons (Fsp3) is 0.800. The summed E-state index contributed by atoms with van der Waals surface area (Å²) in [5, 5.41) is 23.1. The first-order valence-electron chi connectivity index (χ1n) is 7.98. The average Bonchev–Trinajstić information content (AvgIpc) is 2.76. The zero-order valence-corrected chi connectivity index (χ0v) is 14.0. The predicted octanol–water partition coefficient (Wildman–Crippen LogP) is -0.205. The van der Waals surface area contributed by atoms with Gasteiger partial charge in [-0.2, -0.15) is 0 Å². The summed E-state index contributed by atoms with van der Waals surface area (Å²) >= 11 is 0. The SMILES string of the molecule is CCC(CC)[C@H](NC(C)=O)[C@H]1[C@H](N=C(N)N)CC[C@@]1(O)C(=O)O. The summed E-state index contributed by atoms with van der Waals surface area (Å²) in [6, 6.07) is -1.06. The number of nitrogens with two attached hydrogens (primary N) is 2. The van der Waals surface area contributed by atoms with E-state index in [1.165, 1.54) is 6.92 Å². The highest BCUT2D eigenvalue weighted by Gasteiger charge is 2.57. The van der Waals surface area contributed by atoms with E-state index < -0.39 is 29.6 Å². The molecule has 0 aromatic heterocycles. The Morgan fingerprint density at radius 2 is 1.91 bits per heavy atom. The number of hydrogen-bond donors (Lipinski definition) is 5. The number of aliphatic imine (C=N–C) groups is 1. The third-order valence-electron chi connectivity index (χ3n) is 4.79. The lowest BCUT2D eigenvalue weighted by atomic mass is 9.75. The Morgan fingerprint density at radius 3 is 2.30 bits per heavy atom. The first-order chi connectivity index (χ1) is 10.7. The summed E-state index contributed by atoms with van der Waals surface area (Å²) in [6.07, 6.45) is 1.87. The molecule has 0 unspecified atom stereocenters. The average molecular weight is 328 g/mol. The van der Waals surface area contributed by atoms with Crippen molar-refractivity contribution in [3.8, 4) is 0 Å². The third-order valence-corrected chi connectivity index (χ3v) is 4.79. The second-order valence-electron chi connectivity index (χ2n) is 6.22. The van der Waals surface area contributed by atoms with E-state index in [0.717, 1.165) is 12.8 Å². The van der Waals surface area contributed by atoms with Crippen LogP contribution in [-0.4, -0.2) is 45.7 Å². The Balaban J connectivity index is 3.34. The van der Waals surface area contributed by atoms with Crippen molar-refractivity contribution in [3.63, 3.8) is 0 Å². The van der Waals surface area contributed by atoms with Gasteiger partial charge in [0, 0.05) is 18.9 Å². The molecule has 4 atom stereocenters. The van der Waals surface area contributed by atoms with Crippen molar-refractivity contribution in [2.75, 3.05) is 0 Å². The van der Waals surface area contributed by atoms with Gasteiger partial charge in [0.15, 0.2) is 11.6 Å². The summed E-state index contributed by atoms with van der Waals surface area (Å²) in [6.45, 7) is 5.31. The van der Waals surface area contributed by atoms with Gasteiger partial charge in [0.25, 0.3) is 0 Å². The molecule has 1 amide bonds. The minimum absolute atomic E-state index is 0.0181. The second-order valence-corrected chi connectivity index (χ2v) is 6.22. The van der Waals surface area contributed by atoms with E-state index in [1.54, 1.807) is 0 Å². The molecule has 8 heteroatoms. The first kappa shape index (κ1) is 19.2. The minimum Gasteiger partial charge on any atom is -0.479 e. The van der Waals surface area contributed by atoms with Crippen LogP contribution in [-0.2, 0) is 9.59 Å². The van der Waals surface area contributed by atoms with E-state index in [0.29, 0.717) is 6.42 Å². The highest BCUT2D eigenvalue weighted by atomic mass is 16.4. The lowest BCUT2D eigenvalue weighted by molar-refractivity contribution is -0.165. The van der Waals surface area contributed by atoms with Gasteiger partial charge in [-0.25, -0.2) is 9.79 Å². The van der Waals surface area contributed by atoms with E-state index in [9.17, 15) is 19.8 Å². The van der Waals surface area contributed by atoms with Crippen LogP contribution in [0.1, 0.15) is 46.5 Å². The Bertz CT molecular complexity index is 474. The molecule has 23 heavy (non-hydrogen) atoms. The van der Waals surface area contributed by atoms with E-state index >= 15 is 0 Å². The molecule has 1 aliphatic rings. The summed E-state index contributed by atoms with van der Waals surface area (Å²) < 4.78 is 0. The van der Waals surface area contributed by atoms with Gasteiger partial charge in [-0.05, 0) is 18.8 Å². The topological polar surface area (TPSA) is 151 Å². The summed E-state index contributed by atoms with van der Waals surface area (Å²) in [7, 11) is 0. The molecule has 0 aromatic carbocycles. The van der Waals surface area contributed by atoms with Crippen molar-refractivity contribution in [1.29, 1.82) is 0 Å². The quantitative estimate of drug-likeness (QED) is 0.322. The van der Waals surface area contributed by atoms with Crippen molar-refractivity contribution >= 4 is 17.8 Å². The molecule has 0 saturated heterocycles. The van der Waals surface area contributed by atoms with Gasteiger partial charge in [-0.15, -0.1) is 0 Å². The largest absolute Gasteiger partial charge is 0.479 e. The van der Waals surface area contributed by atoms with Crippen LogP contribution in [0.4, 0.5) is 0 Å². The van der Waals surface area contributed by atoms with Crippen LogP contribution < -0.4 is 16.8 Å². The van der Waals surface area contributed by atoms with Crippen molar-refractivity contribution in [2.24, 2.45) is 28.3 Å². The number of carbonyl (C=O) groups is 2. The summed E-state index contributed by atoms with van der Waals surface area (Å²) in [5.41, 5.74) is 8.95. The van der Waals surface area contributed by atoms with Gasteiger partial charge in [0.05, 0.1) is 6.04 Å². The maximum Gasteiger partial charge on any atom is 0.336 e. The lowest BCUT2D eigenvalue weighted by Gasteiger charge is -2.38. The van der Waals surface area contributed by atoms with Crippen molar-refractivity contribution in [2.45, 2.75) is 64.1 Å². The monoisotopic (exact) mass is 328 g/mol. The standard InChI is InChI=1S/C15H28N4O4/c1-4-9(5-2)12(18-8(3)20)11-10(19-14(16)17)6-7-15(11,23)13(21)22/h9-12,23H,4-7H2,1-3H3,(H,18,20)(H,21,22)(H4,16,17,19)/t10-,11-,12+,15+/m1/s1. The number of aliphatic hydroxyl groups is 1. The minimum atomic E-state index is -1.96. The number of carboxylic acid groups (broad SMARTS) is 1. The molecule has 1 saturated carbocycles. The first-order valence-corrected chi connectivity index (χ1v) is 7.98. The van der Waals surface area contributed by atoms with Crippen LogP contribution in [0.5, 0.6) is 0 Å². The number of carboxylic acids is 1. The van der Waals surface area contributed by atoms with Crippen LogP contribution in [0, 0.1) is 11.8 Å². The summed E-state index contributed by atoms with van der Waals surface area (Å²) in [4.78, 5) is 27.4. The predicted molar refractivity (Wildman–Crippen MR) is 86.6 cm³/mol. The maximum atomic E-state index is 11.7. The van der Waals surface area contributed by atoms with Gasteiger partial charge in [-0.1, -0.05) is 26.7 Å². The number of hydrogen-bond acceptors (Lipinski definition) is 4. The van der Waals surface area contributed by atoms with E-state index in [1.807, 2.05) is 13.8 Å². The number of guanidine groups is 1. The van der Waals surface area contributed by atoms with Crippen LogP contribution in [0.3, 0.4) is 0 Å². The third kappa shape index (κ3) is 4.13. The lowest BCUT2D eigenvalue weighted by Crippen LogP contribution is -2.57. The molecular weight excluding hydrogens is 300 g/mol. The zero-order chi connectivity index (χ0) is 17.8. The van der Waals surface area contributed by atoms with Crippen LogP contribution in [0.2, 0.25) is 0 Å². The number of nitrogens with one attached hydrogen (secondary N) is 1. The number of rotatable bonds is 7. The van der Waals surface area contributed by atoms with Crippen LogP contribution in [0.15, 0.2) is 4.99 Å². The van der Waals surface area contributed by atoms with Gasteiger partial charge < -0.3 is 27.0 Å². The normalized spacial score (nSPS) is 28.4. The van der Waals surface area contributed by atoms with Crippen molar-refractivity contribution in [1.82, 2.24) is 5.32 Å². The smallest absolute Gasteiger partial charge is 0.336 e. The molecule has 1 fully saturated rings. The van der Waals surface area contributed by atoms with Crippen molar-refractivity contribution in [3.05, 3.63) is 0 Å². The highest BCUT2D eigenvalue weighted by molar-refractivity contribution is 5.80. The Kier molecular flexibility index (Phi) is 6.37. The molecule has 1 rings (SSSR count). The number of carbonyl (C=O) groups excluding carboxylic acids is 1. The van der Waals surface area contributed by atoms with Crippen molar-refractivity contribution < 1.29 is 19.8 Å². The molecular formula is C15H28N4O4. The fourth-order valence-corrected chi connectivity index (χ4v) is 3.69. The van der Waals surface area contributed by atoms with E-state index in [2.05, 4.69) is 10.3 Å². The molecule has 7 N–H and O–H groups in total. The fourth-order valence-electron chi connectivity index (χ4n) is 3.69. The number of nitrogens with zero attached hydrogens (tertiary/aromatic N) is 1. The zero-order valence-electron chi connectivity index (χ0n) is 14.0. The number of aliphatic carboxylic acids is 1. The van der Waals surface area contributed by atoms with Gasteiger partial charge in [-0.3, -0.25) is 4.79 Å². The highest BCUT2D eigenvalue weighted by Crippen LogP contribution is 2.43. The van der Waals surface area contributed by atoms with Gasteiger partial charge in [0.2, 0.25) is 5.91 Å². The second kappa shape index (κ2) is 7.63. The van der Waals surface area contributed by atoms with Crippen LogP contribution in [0.25, 0.3) is 0 Å². The maximum absolute atomic E-state index is 11.7. The number of amides is 1. The molecule has 0 bridgehead atoms. The van der Waals surface area contributed by atoms with Gasteiger partial charge >= 0.3 is 5.97 Å². The van der Waals surface area contributed by atoms with Crippen LogP contribution >= 0.6 is 0 Å².